The lowest BCUT2D eigenvalue weighted by Gasteiger charge is -2.31. The van der Waals surface area contributed by atoms with Gasteiger partial charge in [-0.05, 0) is 56.5 Å². The van der Waals surface area contributed by atoms with Crippen molar-refractivity contribution in [3.63, 3.8) is 0 Å². The normalized spacial score (nSPS) is 15.3. The van der Waals surface area contributed by atoms with E-state index in [1.54, 1.807) is 24.9 Å². The number of hydrogen-bond acceptors (Lipinski definition) is 7. The number of benzene rings is 1. The van der Waals surface area contributed by atoms with Crippen molar-refractivity contribution in [3.8, 4) is 17.1 Å². The molecule has 1 N–H and O–H groups in total. The fourth-order valence-electron chi connectivity index (χ4n) is 3.75. The van der Waals surface area contributed by atoms with Gasteiger partial charge in [-0.1, -0.05) is 11.8 Å². The molecule has 3 aromatic rings. The van der Waals surface area contributed by atoms with Crippen molar-refractivity contribution >= 4 is 11.8 Å². The topological polar surface area (TPSA) is 84.0 Å². The molecule has 0 aliphatic carbocycles. The first-order valence-corrected chi connectivity index (χ1v) is 11.2. The lowest BCUT2D eigenvalue weighted by molar-refractivity contribution is 0.202. The summed E-state index contributed by atoms with van der Waals surface area (Å²) in [6, 6.07) is 9.20. The fourth-order valence-corrected chi connectivity index (χ4v) is 4.06. The van der Waals surface area contributed by atoms with Gasteiger partial charge in [0.15, 0.2) is 5.16 Å². The van der Waals surface area contributed by atoms with E-state index in [0.29, 0.717) is 5.82 Å². The average molecular weight is 424 g/mol. The van der Waals surface area contributed by atoms with Crippen molar-refractivity contribution < 1.29 is 4.74 Å². The number of nitrogens with zero attached hydrogens (tertiary/aromatic N) is 4. The van der Waals surface area contributed by atoms with Gasteiger partial charge in [0, 0.05) is 42.0 Å². The maximum absolute atomic E-state index is 12.3. The Bertz CT molecular complexity index is 1030. The van der Waals surface area contributed by atoms with Crippen LogP contribution in [0.25, 0.3) is 11.4 Å². The third-order valence-corrected chi connectivity index (χ3v) is 5.98. The van der Waals surface area contributed by atoms with E-state index in [1.165, 1.54) is 0 Å². The Morgan fingerprint density at radius 2 is 1.87 bits per heavy atom. The van der Waals surface area contributed by atoms with Gasteiger partial charge in [0.25, 0.3) is 5.56 Å². The summed E-state index contributed by atoms with van der Waals surface area (Å²) in [5, 5.41) is 0.797. The second-order valence-corrected chi connectivity index (χ2v) is 8.15. The Morgan fingerprint density at radius 1 is 1.17 bits per heavy atom. The van der Waals surface area contributed by atoms with Gasteiger partial charge in [-0.2, -0.15) is 0 Å². The maximum Gasteiger partial charge on any atom is 0.251 e. The van der Waals surface area contributed by atoms with Gasteiger partial charge in [-0.3, -0.25) is 9.69 Å². The minimum atomic E-state index is -0.112. The summed E-state index contributed by atoms with van der Waals surface area (Å²) in [6.45, 7) is 2.77. The molecule has 0 radical (unpaired) electrons. The summed E-state index contributed by atoms with van der Waals surface area (Å²) in [7, 11) is 1.63. The predicted molar refractivity (Wildman–Crippen MR) is 118 cm³/mol. The number of hydrogen-bond donors (Lipinski definition) is 1. The fraction of sp³-hybridized carbons (Fsp3) is 0.364. The number of ether oxygens (including phenoxy) is 1. The molecule has 1 aliphatic rings. The monoisotopic (exact) mass is 423 g/mol. The Hall–Kier alpha value is -2.71. The number of likely N-dealkylation sites (tertiary alicyclic amines) is 1. The zero-order chi connectivity index (χ0) is 20.9. The summed E-state index contributed by atoms with van der Waals surface area (Å²) in [6.07, 6.45) is 7.74. The van der Waals surface area contributed by atoms with Crippen LogP contribution in [0, 0.1) is 0 Å². The van der Waals surface area contributed by atoms with Crippen LogP contribution in [0.1, 0.15) is 30.0 Å². The molecule has 1 aromatic carbocycles. The molecule has 1 aliphatic heterocycles. The highest BCUT2D eigenvalue weighted by atomic mass is 32.2. The molecular formula is C22H25N5O2S. The minimum absolute atomic E-state index is 0.112. The zero-order valence-electron chi connectivity index (χ0n) is 17.2. The van der Waals surface area contributed by atoms with E-state index in [9.17, 15) is 4.79 Å². The van der Waals surface area contributed by atoms with Crippen LogP contribution in [0.15, 0.2) is 52.7 Å². The first kappa shape index (κ1) is 20.6. The van der Waals surface area contributed by atoms with Crippen LogP contribution >= 0.6 is 11.8 Å². The Kier molecular flexibility index (Phi) is 6.44. The standard InChI is InChI=1S/C22H25N5O2S/c1-29-18-5-3-17(4-6-18)21-25-19(11-20(28)26-21)16-7-9-27(10-8-16)14-15-12-23-22(30-2)24-13-15/h3-6,11-13,16H,7-10,14H2,1-2H3,(H,25,26,28). The largest absolute Gasteiger partial charge is 0.497 e. The molecule has 1 fully saturated rings. The highest BCUT2D eigenvalue weighted by Crippen LogP contribution is 2.28. The number of aromatic amines is 1. The number of piperidine rings is 1. The molecule has 1 saturated heterocycles. The predicted octanol–water partition coefficient (Wildman–Crippen LogP) is 3.34. The molecule has 0 unspecified atom stereocenters. The van der Waals surface area contributed by atoms with Crippen molar-refractivity contribution in [2.75, 3.05) is 26.5 Å². The SMILES string of the molecule is COc1ccc(-c2nc(C3CCN(Cc4cnc(SC)nc4)CC3)cc(=O)[nH]2)cc1. The number of H-pyrrole nitrogens is 1. The smallest absolute Gasteiger partial charge is 0.251 e. The first-order valence-electron chi connectivity index (χ1n) is 9.97. The molecular weight excluding hydrogens is 398 g/mol. The summed E-state index contributed by atoms with van der Waals surface area (Å²) in [4.78, 5) is 31.0. The van der Waals surface area contributed by atoms with Crippen molar-refractivity contribution in [3.05, 3.63) is 64.3 Å². The number of nitrogens with one attached hydrogen (secondary N) is 1. The van der Waals surface area contributed by atoms with E-state index >= 15 is 0 Å². The molecule has 0 saturated carbocycles. The minimum Gasteiger partial charge on any atom is -0.497 e. The van der Waals surface area contributed by atoms with Crippen molar-refractivity contribution in [2.45, 2.75) is 30.5 Å². The van der Waals surface area contributed by atoms with Gasteiger partial charge in [-0.25, -0.2) is 15.0 Å². The van der Waals surface area contributed by atoms with Gasteiger partial charge in [0.2, 0.25) is 0 Å². The maximum atomic E-state index is 12.3. The molecule has 156 valence electrons. The number of aromatic nitrogens is 4. The highest BCUT2D eigenvalue weighted by molar-refractivity contribution is 7.98. The van der Waals surface area contributed by atoms with Gasteiger partial charge < -0.3 is 9.72 Å². The van der Waals surface area contributed by atoms with Crippen LogP contribution in [0.4, 0.5) is 0 Å². The third kappa shape index (κ3) is 4.88. The Balaban J connectivity index is 1.42. The average Bonchev–Trinajstić information content (AvgIpc) is 2.80. The van der Waals surface area contributed by atoms with Crippen LogP contribution in [-0.4, -0.2) is 51.3 Å². The Labute approximate surface area is 179 Å². The molecule has 0 amide bonds. The lowest BCUT2D eigenvalue weighted by atomic mass is 9.93. The molecule has 0 bridgehead atoms. The second-order valence-electron chi connectivity index (χ2n) is 7.38. The number of rotatable bonds is 6. The summed E-state index contributed by atoms with van der Waals surface area (Å²) in [5.74, 6) is 1.67. The molecule has 4 rings (SSSR count). The lowest BCUT2D eigenvalue weighted by Crippen LogP contribution is -2.33. The molecule has 8 heteroatoms. The van der Waals surface area contributed by atoms with Crippen LogP contribution in [0.3, 0.4) is 0 Å². The molecule has 30 heavy (non-hydrogen) atoms. The second kappa shape index (κ2) is 9.40. The van der Waals surface area contributed by atoms with Gasteiger partial charge in [0.05, 0.1) is 12.8 Å². The van der Waals surface area contributed by atoms with Crippen molar-refractivity contribution in [1.82, 2.24) is 24.8 Å². The van der Waals surface area contributed by atoms with E-state index in [1.807, 2.05) is 42.9 Å². The van der Waals surface area contributed by atoms with Crippen molar-refractivity contribution in [2.24, 2.45) is 0 Å². The van der Waals surface area contributed by atoms with Crippen molar-refractivity contribution in [1.29, 1.82) is 0 Å². The van der Waals surface area contributed by atoms with E-state index in [2.05, 4.69) is 19.9 Å². The van der Waals surface area contributed by atoms with Crippen LogP contribution in [-0.2, 0) is 6.54 Å². The summed E-state index contributed by atoms with van der Waals surface area (Å²) in [5.41, 5.74) is 2.76. The van der Waals surface area contributed by atoms with Gasteiger partial charge >= 0.3 is 0 Å². The molecule has 0 atom stereocenters. The van der Waals surface area contributed by atoms with E-state index in [4.69, 9.17) is 9.72 Å². The molecule has 7 nitrogen and oxygen atoms in total. The summed E-state index contributed by atoms with van der Waals surface area (Å²) >= 11 is 1.55. The summed E-state index contributed by atoms with van der Waals surface area (Å²) < 4.78 is 5.21. The quantitative estimate of drug-likeness (QED) is 0.481. The highest BCUT2D eigenvalue weighted by Gasteiger charge is 2.23. The number of thioether (sulfide) groups is 1. The van der Waals surface area contributed by atoms with E-state index in [0.717, 1.165) is 60.2 Å². The van der Waals surface area contributed by atoms with Crippen LogP contribution in [0.5, 0.6) is 5.75 Å². The third-order valence-electron chi connectivity index (χ3n) is 5.40. The molecule has 3 heterocycles. The van der Waals surface area contributed by atoms with Gasteiger partial charge in [-0.15, -0.1) is 0 Å². The van der Waals surface area contributed by atoms with E-state index in [-0.39, 0.29) is 11.5 Å². The number of methoxy groups -OCH3 is 1. The van der Waals surface area contributed by atoms with E-state index < -0.39 is 0 Å². The van der Waals surface area contributed by atoms with Crippen LogP contribution < -0.4 is 10.3 Å². The van der Waals surface area contributed by atoms with Crippen LogP contribution in [0.2, 0.25) is 0 Å². The molecule has 0 spiro atoms. The zero-order valence-corrected chi connectivity index (χ0v) is 18.0. The van der Waals surface area contributed by atoms with Gasteiger partial charge in [0.1, 0.15) is 11.6 Å². The molecule has 2 aromatic heterocycles. The first-order chi connectivity index (χ1) is 14.6. The Morgan fingerprint density at radius 3 is 2.50 bits per heavy atom.